The van der Waals surface area contributed by atoms with Gasteiger partial charge in [0.1, 0.15) is 0 Å². The second-order valence-corrected chi connectivity index (χ2v) is 8.49. The summed E-state index contributed by atoms with van der Waals surface area (Å²) in [6.07, 6.45) is 4.44. The summed E-state index contributed by atoms with van der Waals surface area (Å²) in [5.74, 6) is -0.235. The molecule has 1 aliphatic carbocycles. The van der Waals surface area contributed by atoms with Crippen LogP contribution >= 0.6 is 11.8 Å². The van der Waals surface area contributed by atoms with Crippen LogP contribution in [-0.2, 0) is 14.3 Å². The molecule has 8 nitrogen and oxygen atoms in total. The van der Waals surface area contributed by atoms with Crippen LogP contribution in [0.4, 0.5) is 0 Å². The molecule has 29 heavy (non-hydrogen) atoms. The van der Waals surface area contributed by atoms with Gasteiger partial charge in [-0.25, -0.2) is 0 Å². The van der Waals surface area contributed by atoms with Crippen molar-refractivity contribution >= 4 is 23.6 Å². The Morgan fingerprint density at radius 2 is 2.07 bits per heavy atom. The van der Waals surface area contributed by atoms with Crippen LogP contribution in [0.5, 0.6) is 0 Å². The molecule has 0 aliphatic heterocycles. The number of aromatic nitrogens is 4. The lowest BCUT2D eigenvalue weighted by molar-refractivity contribution is -0.146. The molecule has 2 atom stereocenters. The number of carbonyl (C=O) groups is 2. The van der Waals surface area contributed by atoms with E-state index in [1.807, 2.05) is 32.0 Å². The quantitative estimate of drug-likeness (QED) is 0.546. The number of amides is 1. The van der Waals surface area contributed by atoms with E-state index in [9.17, 15) is 9.59 Å². The zero-order valence-electron chi connectivity index (χ0n) is 17.1. The van der Waals surface area contributed by atoms with Gasteiger partial charge in [-0.05, 0) is 60.2 Å². The van der Waals surface area contributed by atoms with Gasteiger partial charge >= 0.3 is 5.97 Å². The Morgan fingerprint density at radius 3 is 2.86 bits per heavy atom. The molecule has 0 unspecified atom stereocenters. The molecule has 0 bridgehead atoms. The second-order valence-electron chi connectivity index (χ2n) is 7.55. The molecule has 0 saturated heterocycles. The van der Waals surface area contributed by atoms with Gasteiger partial charge in [-0.3, -0.25) is 9.59 Å². The normalized spacial score (nSPS) is 19.0. The summed E-state index contributed by atoms with van der Waals surface area (Å²) in [4.78, 5) is 24.1. The minimum atomic E-state index is -0.475. The number of aryl methyl sites for hydroxylation is 2. The molecule has 1 fully saturated rings. The number of tetrazole rings is 1. The van der Waals surface area contributed by atoms with Crippen molar-refractivity contribution in [3.05, 3.63) is 29.3 Å². The minimum absolute atomic E-state index is 0.0261. The summed E-state index contributed by atoms with van der Waals surface area (Å²) in [5, 5.41) is 15.2. The zero-order valence-corrected chi connectivity index (χ0v) is 17.9. The van der Waals surface area contributed by atoms with Crippen molar-refractivity contribution in [2.45, 2.75) is 57.7 Å². The molecule has 1 aromatic carbocycles. The summed E-state index contributed by atoms with van der Waals surface area (Å²) in [6.45, 7) is 5.86. The van der Waals surface area contributed by atoms with Gasteiger partial charge < -0.3 is 10.1 Å². The highest BCUT2D eigenvalue weighted by atomic mass is 32.2. The van der Waals surface area contributed by atoms with E-state index in [0.717, 1.165) is 36.1 Å². The molecule has 1 heterocycles. The Labute approximate surface area is 174 Å². The number of hydrogen-bond donors (Lipinski definition) is 1. The average molecular weight is 418 g/mol. The van der Waals surface area contributed by atoms with Gasteiger partial charge in [0, 0.05) is 6.04 Å². The van der Waals surface area contributed by atoms with Crippen molar-refractivity contribution in [2.24, 2.45) is 5.92 Å². The number of nitrogens with one attached hydrogen (secondary N) is 1. The predicted octanol–water partition coefficient (Wildman–Crippen LogP) is 2.61. The van der Waals surface area contributed by atoms with Crippen LogP contribution in [0, 0.1) is 19.8 Å². The Bertz CT molecular complexity index is 870. The van der Waals surface area contributed by atoms with Crippen LogP contribution in [0.25, 0.3) is 5.69 Å². The van der Waals surface area contributed by atoms with Crippen LogP contribution in [0.3, 0.4) is 0 Å². The van der Waals surface area contributed by atoms with E-state index in [1.54, 1.807) is 4.68 Å². The van der Waals surface area contributed by atoms with E-state index in [2.05, 4.69) is 27.8 Å². The summed E-state index contributed by atoms with van der Waals surface area (Å²) in [7, 11) is 0. The molecule has 0 radical (unpaired) electrons. The van der Waals surface area contributed by atoms with Crippen LogP contribution in [0.1, 0.15) is 43.7 Å². The fourth-order valence-corrected chi connectivity index (χ4v) is 4.14. The lowest BCUT2D eigenvalue weighted by Crippen LogP contribution is -2.43. The van der Waals surface area contributed by atoms with Crippen LogP contribution in [-0.4, -0.2) is 50.5 Å². The molecular formula is C20H27N5O3S. The van der Waals surface area contributed by atoms with Gasteiger partial charge in [0.2, 0.25) is 5.16 Å². The maximum atomic E-state index is 12.1. The first-order valence-electron chi connectivity index (χ1n) is 9.88. The van der Waals surface area contributed by atoms with E-state index in [4.69, 9.17) is 4.74 Å². The Morgan fingerprint density at radius 1 is 1.28 bits per heavy atom. The molecule has 1 aliphatic rings. The smallest absolute Gasteiger partial charge is 0.316 e. The van der Waals surface area contributed by atoms with Crippen LogP contribution < -0.4 is 5.32 Å². The van der Waals surface area contributed by atoms with Crippen molar-refractivity contribution in [2.75, 3.05) is 12.4 Å². The minimum Gasteiger partial charge on any atom is -0.455 e. The maximum Gasteiger partial charge on any atom is 0.316 e. The fraction of sp³-hybridized carbons (Fsp3) is 0.550. The van der Waals surface area contributed by atoms with E-state index in [1.165, 1.54) is 18.2 Å². The third-order valence-corrected chi connectivity index (χ3v) is 6.07. The topological polar surface area (TPSA) is 99.0 Å². The lowest BCUT2D eigenvalue weighted by Gasteiger charge is -2.29. The highest BCUT2D eigenvalue weighted by molar-refractivity contribution is 7.99. The first kappa shape index (κ1) is 21.3. The van der Waals surface area contributed by atoms with Crippen molar-refractivity contribution in [1.29, 1.82) is 0 Å². The van der Waals surface area contributed by atoms with E-state index >= 15 is 0 Å². The van der Waals surface area contributed by atoms with Crippen molar-refractivity contribution < 1.29 is 14.3 Å². The van der Waals surface area contributed by atoms with Gasteiger partial charge in [0.05, 0.1) is 11.4 Å². The molecule has 1 saturated carbocycles. The molecule has 1 aromatic heterocycles. The highest BCUT2D eigenvalue weighted by Gasteiger charge is 2.23. The molecule has 1 N–H and O–H groups in total. The molecular weight excluding hydrogens is 390 g/mol. The molecule has 2 aromatic rings. The standard InChI is InChI=1S/C20H27N5O3S/c1-13-8-9-15(3)17(10-13)25-20(22-23-24-25)29-12-19(27)28-11-18(26)21-16-7-5-4-6-14(16)2/h8-10,14,16H,4-7,11-12H2,1-3H3,(H,21,26)/t14-,16-/m0/s1. The van der Waals surface area contributed by atoms with E-state index in [-0.39, 0.29) is 24.3 Å². The summed E-state index contributed by atoms with van der Waals surface area (Å²) < 4.78 is 6.73. The number of nitrogens with zero attached hydrogens (tertiary/aromatic N) is 4. The number of ether oxygens (including phenoxy) is 1. The van der Waals surface area contributed by atoms with Gasteiger partial charge in [0.25, 0.3) is 5.91 Å². The van der Waals surface area contributed by atoms with Gasteiger partial charge in [-0.2, -0.15) is 4.68 Å². The summed E-state index contributed by atoms with van der Waals surface area (Å²) >= 11 is 1.18. The van der Waals surface area contributed by atoms with Crippen molar-refractivity contribution in [3.63, 3.8) is 0 Å². The third-order valence-electron chi connectivity index (χ3n) is 5.17. The van der Waals surface area contributed by atoms with Crippen LogP contribution in [0.15, 0.2) is 23.4 Å². The highest BCUT2D eigenvalue weighted by Crippen LogP contribution is 2.24. The first-order valence-corrected chi connectivity index (χ1v) is 10.9. The predicted molar refractivity (Wildman–Crippen MR) is 110 cm³/mol. The second kappa shape index (κ2) is 9.87. The van der Waals surface area contributed by atoms with Gasteiger partial charge in [-0.15, -0.1) is 5.10 Å². The number of benzene rings is 1. The summed E-state index contributed by atoms with van der Waals surface area (Å²) in [6, 6.07) is 6.18. The van der Waals surface area contributed by atoms with E-state index < -0.39 is 5.97 Å². The number of rotatable bonds is 7. The van der Waals surface area contributed by atoms with Crippen molar-refractivity contribution in [3.8, 4) is 5.69 Å². The monoisotopic (exact) mass is 417 g/mol. The fourth-order valence-electron chi connectivity index (χ4n) is 3.46. The number of hydrogen-bond acceptors (Lipinski definition) is 7. The first-order chi connectivity index (χ1) is 13.9. The van der Waals surface area contributed by atoms with E-state index in [0.29, 0.717) is 11.1 Å². The number of thioether (sulfide) groups is 1. The molecule has 0 spiro atoms. The average Bonchev–Trinajstić information content (AvgIpc) is 3.17. The zero-order chi connectivity index (χ0) is 20.8. The van der Waals surface area contributed by atoms with Gasteiger partial charge in [0.15, 0.2) is 6.61 Å². The Hall–Kier alpha value is -2.42. The lowest BCUT2D eigenvalue weighted by atomic mass is 9.86. The SMILES string of the molecule is Cc1ccc(C)c(-n2nnnc2SCC(=O)OCC(=O)N[C@H]2CCCC[C@@H]2C)c1. The molecule has 3 rings (SSSR count). The van der Waals surface area contributed by atoms with Gasteiger partial charge in [-0.1, -0.05) is 43.7 Å². The summed E-state index contributed by atoms with van der Waals surface area (Å²) in [5.41, 5.74) is 2.99. The number of carbonyl (C=O) groups excluding carboxylic acids is 2. The Balaban J connectivity index is 1.48. The Kier molecular flexibility index (Phi) is 7.24. The molecule has 1 amide bonds. The van der Waals surface area contributed by atoms with Crippen molar-refractivity contribution in [1.82, 2.24) is 25.5 Å². The number of esters is 1. The van der Waals surface area contributed by atoms with Crippen LogP contribution in [0.2, 0.25) is 0 Å². The third kappa shape index (κ3) is 5.79. The molecule has 9 heteroatoms. The maximum absolute atomic E-state index is 12.1. The molecule has 156 valence electrons. The largest absolute Gasteiger partial charge is 0.455 e.